The summed E-state index contributed by atoms with van der Waals surface area (Å²) in [4.78, 5) is 34.3. The second kappa shape index (κ2) is 5.48. The number of ether oxygens (including phenoxy) is 1. The quantitative estimate of drug-likeness (QED) is 0.340. The van der Waals surface area contributed by atoms with E-state index in [0.29, 0.717) is 0 Å². The number of nitro benzene ring substituents is 1. The molecule has 3 fully saturated rings. The van der Waals surface area contributed by atoms with Crippen LogP contribution in [0, 0.1) is 27.9 Å². The molecule has 3 aliphatic rings. The fourth-order valence-corrected chi connectivity index (χ4v) is 6.52. The lowest BCUT2D eigenvalue weighted by Gasteiger charge is -2.28. The van der Waals surface area contributed by atoms with Crippen LogP contribution in [-0.4, -0.2) is 47.8 Å². The van der Waals surface area contributed by atoms with Crippen molar-refractivity contribution in [3.8, 4) is 0 Å². The Balaban J connectivity index is 1.65. The van der Waals surface area contributed by atoms with Crippen molar-refractivity contribution in [3.63, 3.8) is 0 Å². The zero-order valence-corrected chi connectivity index (χ0v) is 13.9. The summed E-state index contributed by atoms with van der Waals surface area (Å²) in [5.41, 5.74) is -0.738. The normalized spacial score (nSPS) is 36.0. The smallest absolute Gasteiger partial charge is 0.345 e. The van der Waals surface area contributed by atoms with Gasteiger partial charge in [-0.15, -0.1) is 0 Å². The number of para-hydroxylation sites is 1. The van der Waals surface area contributed by atoms with E-state index in [1.165, 1.54) is 18.2 Å². The maximum atomic E-state index is 12.4. The van der Waals surface area contributed by atoms with Crippen LogP contribution < -0.4 is 0 Å². The van der Waals surface area contributed by atoms with Gasteiger partial charge in [0.15, 0.2) is 0 Å². The molecule has 2 bridgehead atoms. The number of carbonyl (C=O) groups excluding carboxylic acids is 1. The molecular weight excluding hydrogens is 370 g/mol. The zero-order valence-electron chi connectivity index (χ0n) is 13.0. The number of nitrogens with zero attached hydrogens (tertiary/aromatic N) is 1. The molecule has 6 unspecified atom stereocenters. The first-order valence-electron chi connectivity index (χ1n) is 7.81. The van der Waals surface area contributed by atoms with Gasteiger partial charge < -0.3 is 9.84 Å². The number of carbonyl (C=O) groups is 2. The van der Waals surface area contributed by atoms with E-state index in [0.717, 1.165) is 6.07 Å². The maximum Gasteiger partial charge on any atom is 0.345 e. The number of rotatable bonds is 4. The Labute approximate surface area is 147 Å². The van der Waals surface area contributed by atoms with Gasteiger partial charge in [-0.2, -0.15) is 8.42 Å². The third kappa shape index (κ3) is 2.23. The van der Waals surface area contributed by atoms with E-state index in [-0.39, 0.29) is 12.0 Å². The van der Waals surface area contributed by atoms with Gasteiger partial charge in [0.25, 0.3) is 15.8 Å². The first-order chi connectivity index (χ1) is 12.2. The molecule has 0 spiro atoms. The van der Waals surface area contributed by atoms with E-state index < -0.39 is 67.9 Å². The average molecular weight is 383 g/mol. The molecule has 138 valence electrons. The highest BCUT2D eigenvalue weighted by molar-refractivity contribution is 7.87. The molecule has 2 saturated carbocycles. The van der Waals surface area contributed by atoms with Crippen molar-refractivity contribution in [2.24, 2.45) is 17.8 Å². The van der Waals surface area contributed by atoms with E-state index in [9.17, 15) is 33.2 Å². The standard InChI is InChI=1S/C15H13NO9S/c17-14(18)10-7-5-8-12(25-26(22,23)13(8)10)11(7)24-15(19)6-3-1-2-4-9(6)16(20)21/h1-4,7-8,10-13H,5H2,(H,17,18). The molecule has 1 heterocycles. The number of aliphatic carboxylic acids is 1. The van der Waals surface area contributed by atoms with Crippen LogP contribution in [0.2, 0.25) is 0 Å². The molecule has 1 N–H and O–H groups in total. The van der Waals surface area contributed by atoms with Gasteiger partial charge in [-0.05, 0) is 12.5 Å². The molecule has 1 aliphatic heterocycles. The Bertz CT molecular complexity index is 927. The largest absolute Gasteiger partial charge is 0.481 e. The van der Waals surface area contributed by atoms with Gasteiger partial charge in [-0.1, -0.05) is 12.1 Å². The monoisotopic (exact) mass is 383 g/mol. The first-order valence-corrected chi connectivity index (χ1v) is 9.29. The molecule has 10 nitrogen and oxygen atoms in total. The van der Waals surface area contributed by atoms with Crippen molar-refractivity contribution in [3.05, 3.63) is 39.9 Å². The van der Waals surface area contributed by atoms with E-state index >= 15 is 0 Å². The fourth-order valence-electron chi connectivity index (χ4n) is 4.46. The van der Waals surface area contributed by atoms with Crippen LogP contribution in [0.25, 0.3) is 0 Å². The second-order valence-corrected chi connectivity index (χ2v) is 8.31. The third-order valence-corrected chi connectivity index (χ3v) is 7.18. The molecule has 6 atom stereocenters. The predicted octanol–water partition coefficient (Wildman–Crippen LogP) is 0.568. The van der Waals surface area contributed by atoms with Crippen LogP contribution in [0.3, 0.4) is 0 Å². The van der Waals surface area contributed by atoms with E-state index in [1.54, 1.807) is 0 Å². The van der Waals surface area contributed by atoms with Crippen molar-refractivity contribution in [2.75, 3.05) is 0 Å². The van der Waals surface area contributed by atoms with Crippen molar-refractivity contribution in [1.29, 1.82) is 0 Å². The molecule has 0 aromatic heterocycles. The van der Waals surface area contributed by atoms with E-state index in [2.05, 4.69) is 0 Å². The Hall–Kier alpha value is -2.53. The van der Waals surface area contributed by atoms with Crippen LogP contribution in [-0.2, 0) is 23.8 Å². The number of carboxylic acid groups (broad SMARTS) is 1. The van der Waals surface area contributed by atoms with Gasteiger partial charge in [0.1, 0.15) is 23.0 Å². The molecule has 1 aromatic carbocycles. The zero-order chi connectivity index (χ0) is 18.8. The minimum absolute atomic E-state index is 0.250. The summed E-state index contributed by atoms with van der Waals surface area (Å²) in [6.07, 6.45) is -1.78. The van der Waals surface area contributed by atoms with Gasteiger partial charge in [0, 0.05) is 17.9 Å². The topological polar surface area (TPSA) is 150 Å². The molecule has 2 aliphatic carbocycles. The predicted molar refractivity (Wildman–Crippen MR) is 82.6 cm³/mol. The highest BCUT2D eigenvalue weighted by Crippen LogP contribution is 2.58. The highest BCUT2D eigenvalue weighted by Gasteiger charge is 2.71. The summed E-state index contributed by atoms with van der Waals surface area (Å²) < 4.78 is 34.6. The minimum atomic E-state index is -4.06. The van der Waals surface area contributed by atoms with Crippen LogP contribution in [0.1, 0.15) is 16.8 Å². The summed E-state index contributed by atoms with van der Waals surface area (Å²) in [6.45, 7) is 0. The number of carboxylic acids is 1. The van der Waals surface area contributed by atoms with Crippen LogP contribution in [0.4, 0.5) is 5.69 Å². The second-order valence-electron chi connectivity index (χ2n) is 6.59. The Morgan fingerprint density at radius 3 is 2.62 bits per heavy atom. The number of hydrogen-bond acceptors (Lipinski definition) is 8. The fraction of sp³-hybridized carbons (Fsp3) is 0.467. The van der Waals surface area contributed by atoms with Crippen molar-refractivity contribution >= 4 is 27.7 Å². The lowest BCUT2D eigenvalue weighted by Crippen LogP contribution is -2.45. The van der Waals surface area contributed by atoms with Crippen LogP contribution in [0.5, 0.6) is 0 Å². The van der Waals surface area contributed by atoms with Crippen molar-refractivity contribution in [2.45, 2.75) is 23.9 Å². The van der Waals surface area contributed by atoms with Crippen molar-refractivity contribution < 1.29 is 37.0 Å². The molecule has 1 saturated heterocycles. The number of nitro groups is 1. The highest BCUT2D eigenvalue weighted by atomic mass is 32.2. The van der Waals surface area contributed by atoms with Gasteiger partial charge in [0.2, 0.25) is 0 Å². The Kier molecular flexibility index (Phi) is 3.57. The van der Waals surface area contributed by atoms with Gasteiger partial charge in [0.05, 0.1) is 10.8 Å². The summed E-state index contributed by atoms with van der Waals surface area (Å²) >= 11 is 0. The summed E-state index contributed by atoms with van der Waals surface area (Å²) in [6, 6.07) is 5.18. The van der Waals surface area contributed by atoms with Gasteiger partial charge in [-0.25, -0.2) is 4.79 Å². The average Bonchev–Trinajstić information content (AvgIpc) is 3.17. The molecule has 26 heavy (non-hydrogen) atoms. The van der Waals surface area contributed by atoms with E-state index in [4.69, 9.17) is 8.92 Å². The molecular formula is C15H13NO9S. The van der Waals surface area contributed by atoms with Crippen LogP contribution in [0.15, 0.2) is 24.3 Å². The number of esters is 1. The van der Waals surface area contributed by atoms with Crippen LogP contribution >= 0.6 is 0 Å². The molecule has 0 radical (unpaired) electrons. The van der Waals surface area contributed by atoms with E-state index in [1.807, 2.05) is 0 Å². The third-order valence-electron chi connectivity index (χ3n) is 5.38. The SMILES string of the molecule is O=C(OC1C2CC3C1OS(=O)(=O)C3C2C(=O)O)c1ccccc1[N+](=O)[O-]. The Morgan fingerprint density at radius 1 is 1.27 bits per heavy atom. The number of fused-ring (bicyclic) bond motifs is 1. The maximum absolute atomic E-state index is 12.4. The lowest BCUT2D eigenvalue weighted by atomic mass is 9.84. The van der Waals surface area contributed by atoms with Crippen molar-refractivity contribution in [1.82, 2.24) is 0 Å². The van der Waals surface area contributed by atoms with Gasteiger partial charge in [-0.3, -0.25) is 19.1 Å². The number of benzene rings is 1. The molecule has 11 heteroatoms. The summed E-state index contributed by atoms with van der Waals surface area (Å²) in [7, 11) is -4.06. The number of hydrogen-bond donors (Lipinski definition) is 1. The molecule has 4 rings (SSSR count). The molecule has 1 aromatic rings. The minimum Gasteiger partial charge on any atom is -0.481 e. The summed E-state index contributed by atoms with van der Waals surface area (Å²) in [5, 5.41) is 19.3. The van der Waals surface area contributed by atoms with Gasteiger partial charge >= 0.3 is 11.9 Å². The first kappa shape index (κ1) is 16.9. The lowest BCUT2D eigenvalue weighted by molar-refractivity contribution is -0.385. The molecule has 0 amide bonds. The summed E-state index contributed by atoms with van der Waals surface area (Å²) in [5.74, 6) is -4.80. The Morgan fingerprint density at radius 2 is 1.96 bits per heavy atom.